The van der Waals surface area contributed by atoms with Crippen molar-refractivity contribution in [2.45, 2.75) is 65.7 Å². The Bertz CT molecular complexity index is 998. The van der Waals surface area contributed by atoms with Crippen molar-refractivity contribution in [1.82, 2.24) is 10.6 Å². The minimum absolute atomic E-state index is 0.203. The summed E-state index contributed by atoms with van der Waals surface area (Å²) in [7, 11) is 0. The fraction of sp³-hybridized carbons (Fsp3) is 0.423. The highest BCUT2D eigenvalue weighted by molar-refractivity contribution is 5.94. The summed E-state index contributed by atoms with van der Waals surface area (Å²) >= 11 is 0. The largest absolute Gasteiger partial charge is 0.481 e. The Hall–Kier alpha value is -3.55. The Morgan fingerprint density at radius 2 is 1.56 bits per heavy atom. The lowest BCUT2D eigenvalue weighted by Crippen LogP contribution is -2.37. The van der Waals surface area contributed by atoms with Gasteiger partial charge < -0.3 is 25.4 Å². The van der Waals surface area contributed by atoms with Crippen molar-refractivity contribution in [3.8, 4) is 5.75 Å². The third-order valence-corrected chi connectivity index (χ3v) is 4.75. The number of nitrogens with one attached hydrogen (secondary N) is 3. The Morgan fingerprint density at radius 1 is 0.912 bits per heavy atom. The van der Waals surface area contributed by atoms with Gasteiger partial charge in [0.15, 0.2) is 6.10 Å². The lowest BCUT2D eigenvalue weighted by atomic mass is 10.0. The van der Waals surface area contributed by atoms with Crippen LogP contribution in [0.25, 0.3) is 0 Å². The van der Waals surface area contributed by atoms with Gasteiger partial charge in [0.1, 0.15) is 17.9 Å². The molecule has 2 aromatic rings. The van der Waals surface area contributed by atoms with Crippen LogP contribution in [-0.2, 0) is 20.9 Å². The molecule has 8 heteroatoms. The van der Waals surface area contributed by atoms with Crippen molar-refractivity contribution in [3.05, 3.63) is 59.7 Å². The van der Waals surface area contributed by atoms with E-state index in [1.807, 2.05) is 30.3 Å². The molecule has 0 radical (unpaired) electrons. The predicted molar refractivity (Wildman–Crippen MR) is 132 cm³/mol. The van der Waals surface area contributed by atoms with Crippen molar-refractivity contribution < 1.29 is 23.9 Å². The van der Waals surface area contributed by atoms with Gasteiger partial charge in [-0.05, 0) is 56.9 Å². The van der Waals surface area contributed by atoms with E-state index in [4.69, 9.17) is 9.47 Å². The second-order valence-electron chi connectivity index (χ2n) is 9.23. The van der Waals surface area contributed by atoms with Gasteiger partial charge in [-0.15, -0.1) is 0 Å². The molecule has 0 fully saturated rings. The van der Waals surface area contributed by atoms with E-state index in [0.29, 0.717) is 11.4 Å². The summed E-state index contributed by atoms with van der Waals surface area (Å²) in [5, 5.41) is 8.02. The fourth-order valence-corrected chi connectivity index (χ4v) is 3.09. The molecule has 1 atom stereocenters. The van der Waals surface area contributed by atoms with Gasteiger partial charge in [-0.1, -0.05) is 50.2 Å². The van der Waals surface area contributed by atoms with E-state index in [1.54, 1.807) is 45.9 Å². The number of carbonyl (C=O) groups excluding carboxylic acids is 3. The minimum Gasteiger partial charge on any atom is -0.481 e. The summed E-state index contributed by atoms with van der Waals surface area (Å²) in [5.74, 6) is 0.273. The lowest BCUT2D eigenvalue weighted by Gasteiger charge is -2.20. The topological polar surface area (TPSA) is 106 Å². The molecule has 3 N–H and O–H groups in total. The number of rotatable bonds is 9. The maximum Gasteiger partial charge on any atom is 0.408 e. The minimum atomic E-state index is -0.695. The molecule has 0 heterocycles. The quantitative estimate of drug-likeness (QED) is 0.506. The molecule has 184 valence electrons. The van der Waals surface area contributed by atoms with Crippen molar-refractivity contribution in [2.24, 2.45) is 0 Å². The number of hydrogen-bond acceptors (Lipinski definition) is 5. The first-order chi connectivity index (χ1) is 16.0. The maximum atomic E-state index is 12.6. The highest BCUT2D eigenvalue weighted by Crippen LogP contribution is 2.26. The molecule has 8 nitrogen and oxygen atoms in total. The van der Waals surface area contributed by atoms with Gasteiger partial charge in [-0.25, -0.2) is 4.79 Å². The molecule has 1 unspecified atom stereocenters. The molecule has 0 aliphatic carbocycles. The SMILES string of the molecule is CC(Oc1ccccc1C(C)C)C(=O)NCc1ccccc1NC(=O)CNC(=O)OC(C)(C)C. The van der Waals surface area contributed by atoms with Crippen LogP contribution in [0.3, 0.4) is 0 Å². The number of anilines is 1. The van der Waals surface area contributed by atoms with Crippen LogP contribution in [0.4, 0.5) is 10.5 Å². The second kappa shape index (κ2) is 12.1. The average Bonchev–Trinajstić information content (AvgIpc) is 2.76. The maximum absolute atomic E-state index is 12.6. The summed E-state index contributed by atoms with van der Waals surface area (Å²) in [6.07, 6.45) is -1.36. The van der Waals surface area contributed by atoms with E-state index in [-0.39, 0.29) is 24.9 Å². The average molecular weight is 470 g/mol. The molecule has 3 amide bonds. The van der Waals surface area contributed by atoms with Gasteiger partial charge >= 0.3 is 6.09 Å². The normalized spacial score (nSPS) is 12.0. The van der Waals surface area contributed by atoms with E-state index >= 15 is 0 Å². The van der Waals surface area contributed by atoms with Crippen LogP contribution in [0, 0.1) is 0 Å². The van der Waals surface area contributed by atoms with Crippen LogP contribution in [0.15, 0.2) is 48.5 Å². The molecule has 0 saturated heterocycles. The Morgan fingerprint density at radius 3 is 2.24 bits per heavy atom. The molecule has 0 spiro atoms. The first-order valence-corrected chi connectivity index (χ1v) is 11.3. The summed E-state index contributed by atoms with van der Waals surface area (Å²) in [6, 6.07) is 14.8. The Kier molecular flexibility index (Phi) is 9.47. The van der Waals surface area contributed by atoms with Crippen LogP contribution in [0.1, 0.15) is 58.6 Å². The summed E-state index contributed by atoms with van der Waals surface area (Å²) < 4.78 is 11.0. The van der Waals surface area contributed by atoms with Crippen molar-refractivity contribution in [3.63, 3.8) is 0 Å². The van der Waals surface area contributed by atoms with E-state index in [0.717, 1.165) is 11.1 Å². The van der Waals surface area contributed by atoms with E-state index in [1.165, 1.54) is 0 Å². The molecule has 34 heavy (non-hydrogen) atoms. The monoisotopic (exact) mass is 469 g/mol. The van der Waals surface area contributed by atoms with Crippen molar-refractivity contribution >= 4 is 23.6 Å². The van der Waals surface area contributed by atoms with Gasteiger partial charge in [0, 0.05) is 12.2 Å². The van der Waals surface area contributed by atoms with Gasteiger partial charge in [0.2, 0.25) is 5.91 Å². The molecule has 0 aliphatic rings. The molecular formula is C26H35N3O5. The van der Waals surface area contributed by atoms with E-state index in [9.17, 15) is 14.4 Å². The smallest absolute Gasteiger partial charge is 0.408 e. The highest BCUT2D eigenvalue weighted by atomic mass is 16.6. The highest BCUT2D eigenvalue weighted by Gasteiger charge is 2.19. The Labute approximate surface area is 201 Å². The van der Waals surface area contributed by atoms with Crippen LogP contribution < -0.4 is 20.7 Å². The standard InChI is InChI=1S/C26H35N3O5/c1-17(2)20-12-8-10-14-22(20)33-18(3)24(31)27-15-19-11-7-9-13-21(19)29-23(30)16-28-25(32)34-26(4,5)6/h7-14,17-18H,15-16H2,1-6H3,(H,27,31)(H,28,32)(H,29,30). The first kappa shape index (κ1) is 26.7. The van der Waals surface area contributed by atoms with Gasteiger partial charge in [0.25, 0.3) is 5.91 Å². The molecule has 0 saturated carbocycles. The second-order valence-corrected chi connectivity index (χ2v) is 9.23. The number of amides is 3. The number of alkyl carbamates (subject to hydrolysis) is 1. The third-order valence-electron chi connectivity index (χ3n) is 4.75. The Balaban J connectivity index is 1.91. The van der Waals surface area contributed by atoms with Crippen LogP contribution in [0.5, 0.6) is 5.75 Å². The lowest BCUT2D eigenvalue weighted by molar-refractivity contribution is -0.127. The summed E-state index contributed by atoms with van der Waals surface area (Å²) in [5.41, 5.74) is 1.65. The van der Waals surface area contributed by atoms with Crippen molar-refractivity contribution in [1.29, 1.82) is 0 Å². The molecule has 0 bridgehead atoms. The molecular weight excluding hydrogens is 434 g/mol. The predicted octanol–water partition coefficient (Wildman–Crippen LogP) is 4.36. The van der Waals surface area contributed by atoms with Gasteiger partial charge in [-0.3, -0.25) is 9.59 Å². The van der Waals surface area contributed by atoms with E-state index in [2.05, 4.69) is 29.8 Å². The number of hydrogen-bond donors (Lipinski definition) is 3. The van der Waals surface area contributed by atoms with Crippen LogP contribution in [-0.4, -0.2) is 36.2 Å². The van der Waals surface area contributed by atoms with Crippen LogP contribution in [0.2, 0.25) is 0 Å². The van der Waals surface area contributed by atoms with Gasteiger partial charge in [-0.2, -0.15) is 0 Å². The number of para-hydroxylation sites is 2. The molecule has 0 aromatic heterocycles. The molecule has 2 aromatic carbocycles. The third kappa shape index (κ3) is 8.77. The molecule has 2 rings (SSSR count). The number of ether oxygens (including phenoxy) is 2. The first-order valence-electron chi connectivity index (χ1n) is 11.3. The van der Waals surface area contributed by atoms with Crippen molar-refractivity contribution in [2.75, 3.05) is 11.9 Å². The summed E-state index contributed by atoms with van der Waals surface area (Å²) in [4.78, 5) is 36.7. The van der Waals surface area contributed by atoms with E-state index < -0.39 is 23.7 Å². The number of carbonyl (C=O) groups is 3. The zero-order valence-corrected chi connectivity index (χ0v) is 20.7. The number of benzene rings is 2. The zero-order chi connectivity index (χ0) is 25.3. The fourth-order valence-electron chi connectivity index (χ4n) is 3.09. The van der Waals surface area contributed by atoms with Crippen LogP contribution >= 0.6 is 0 Å². The summed E-state index contributed by atoms with van der Waals surface area (Å²) in [6.45, 7) is 11.0. The molecule has 0 aliphatic heterocycles. The zero-order valence-electron chi connectivity index (χ0n) is 20.7. The van der Waals surface area contributed by atoms with Gasteiger partial charge in [0.05, 0.1) is 0 Å².